The molecule has 0 heterocycles. The zero-order chi connectivity index (χ0) is 11.3. The summed E-state index contributed by atoms with van der Waals surface area (Å²) in [5.41, 5.74) is 7.98. The van der Waals surface area contributed by atoms with E-state index in [1.54, 1.807) is 0 Å². The first-order valence-electron chi connectivity index (χ1n) is 5.26. The number of anilines is 1. The molecule has 3 nitrogen and oxygen atoms in total. The second-order valence-corrected chi connectivity index (χ2v) is 4.24. The number of nitrogen functional groups attached to an aromatic ring is 1. The minimum absolute atomic E-state index is 0.884. The summed E-state index contributed by atoms with van der Waals surface area (Å²) in [7, 11) is 6.30. The van der Waals surface area contributed by atoms with E-state index in [2.05, 4.69) is 37.0 Å². The molecule has 0 unspecified atom stereocenters. The van der Waals surface area contributed by atoms with Crippen LogP contribution in [0.25, 0.3) is 0 Å². The van der Waals surface area contributed by atoms with Gasteiger partial charge in [-0.05, 0) is 32.8 Å². The summed E-state index contributed by atoms with van der Waals surface area (Å²) >= 11 is 0. The molecule has 0 aliphatic rings. The van der Waals surface area contributed by atoms with Gasteiger partial charge in [0.1, 0.15) is 0 Å². The van der Waals surface area contributed by atoms with Crippen molar-refractivity contribution in [3.05, 3.63) is 29.8 Å². The van der Waals surface area contributed by atoms with Crippen molar-refractivity contribution in [2.45, 2.75) is 6.54 Å². The van der Waals surface area contributed by atoms with Crippen molar-refractivity contribution in [3.8, 4) is 0 Å². The number of para-hydroxylation sites is 1. The van der Waals surface area contributed by atoms with Crippen LogP contribution in [0.1, 0.15) is 5.56 Å². The van der Waals surface area contributed by atoms with Gasteiger partial charge in [0.25, 0.3) is 0 Å². The number of hydrogen-bond acceptors (Lipinski definition) is 3. The molecule has 0 aliphatic heterocycles. The SMILES string of the molecule is CN(C)CCN(C)Cc1ccccc1N. The normalized spacial score (nSPS) is 11.3. The smallest absolute Gasteiger partial charge is 0.0359 e. The molecule has 0 bridgehead atoms. The van der Waals surface area contributed by atoms with E-state index in [1.807, 2.05) is 18.2 Å². The number of likely N-dealkylation sites (N-methyl/N-ethyl adjacent to an activating group) is 2. The van der Waals surface area contributed by atoms with Gasteiger partial charge in [0, 0.05) is 25.3 Å². The molecule has 0 amide bonds. The van der Waals surface area contributed by atoms with Crippen LogP contribution in [-0.2, 0) is 6.54 Å². The molecule has 0 radical (unpaired) electrons. The molecule has 3 heteroatoms. The van der Waals surface area contributed by atoms with Gasteiger partial charge in [-0.15, -0.1) is 0 Å². The van der Waals surface area contributed by atoms with Crippen molar-refractivity contribution in [2.75, 3.05) is 40.0 Å². The van der Waals surface area contributed by atoms with Gasteiger partial charge < -0.3 is 15.5 Å². The summed E-state index contributed by atoms with van der Waals surface area (Å²) in [5, 5.41) is 0. The number of benzene rings is 1. The lowest BCUT2D eigenvalue weighted by atomic mass is 10.2. The van der Waals surface area contributed by atoms with E-state index in [4.69, 9.17) is 5.73 Å². The molecule has 0 saturated heterocycles. The molecule has 2 N–H and O–H groups in total. The molecule has 15 heavy (non-hydrogen) atoms. The third-order valence-electron chi connectivity index (χ3n) is 2.42. The van der Waals surface area contributed by atoms with Gasteiger partial charge in [-0.3, -0.25) is 0 Å². The van der Waals surface area contributed by atoms with E-state index in [0.29, 0.717) is 0 Å². The molecule has 84 valence electrons. The average Bonchev–Trinajstić information content (AvgIpc) is 2.18. The molecule has 1 rings (SSSR count). The van der Waals surface area contributed by atoms with Crippen molar-refractivity contribution in [1.29, 1.82) is 0 Å². The van der Waals surface area contributed by atoms with Crippen LogP contribution in [0.5, 0.6) is 0 Å². The summed E-state index contributed by atoms with van der Waals surface area (Å²) < 4.78 is 0. The van der Waals surface area contributed by atoms with E-state index in [9.17, 15) is 0 Å². The highest BCUT2D eigenvalue weighted by Crippen LogP contribution is 2.12. The number of rotatable bonds is 5. The van der Waals surface area contributed by atoms with Crippen LogP contribution in [0, 0.1) is 0 Å². The Morgan fingerprint density at radius 1 is 1.07 bits per heavy atom. The minimum Gasteiger partial charge on any atom is -0.398 e. The molecular formula is C12H21N3. The lowest BCUT2D eigenvalue weighted by Gasteiger charge is -2.20. The zero-order valence-corrected chi connectivity index (χ0v) is 9.90. The van der Waals surface area contributed by atoms with Gasteiger partial charge in [-0.25, -0.2) is 0 Å². The third-order valence-corrected chi connectivity index (χ3v) is 2.42. The monoisotopic (exact) mass is 207 g/mol. The Kier molecular flexibility index (Phi) is 4.59. The zero-order valence-electron chi connectivity index (χ0n) is 9.90. The fraction of sp³-hybridized carbons (Fsp3) is 0.500. The molecule has 0 fully saturated rings. The van der Waals surface area contributed by atoms with Gasteiger partial charge in [0.2, 0.25) is 0 Å². The van der Waals surface area contributed by atoms with Crippen molar-refractivity contribution in [1.82, 2.24) is 9.80 Å². The highest BCUT2D eigenvalue weighted by atomic mass is 15.1. The molecule has 0 saturated carbocycles. The first-order valence-corrected chi connectivity index (χ1v) is 5.26. The molecular weight excluding hydrogens is 186 g/mol. The summed E-state index contributed by atoms with van der Waals surface area (Å²) in [4.78, 5) is 4.47. The first-order chi connectivity index (χ1) is 7.09. The maximum absolute atomic E-state index is 5.89. The third kappa shape index (κ3) is 4.32. The minimum atomic E-state index is 0.884. The van der Waals surface area contributed by atoms with E-state index < -0.39 is 0 Å². The summed E-state index contributed by atoms with van der Waals surface area (Å²) in [6, 6.07) is 8.04. The van der Waals surface area contributed by atoms with Gasteiger partial charge in [-0.2, -0.15) is 0 Å². The van der Waals surface area contributed by atoms with Crippen LogP contribution < -0.4 is 5.73 Å². The summed E-state index contributed by atoms with van der Waals surface area (Å²) in [6.45, 7) is 3.05. The van der Waals surface area contributed by atoms with Crippen LogP contribution in [0.15, 0.2) is 24.3 Å². The van der Waals surface area contributed by atoms with Crippen molar-refractivity contribution < 1.29 is 0 Å². The first kappa shape index (κ1) is 12.0. The van der Waals surface area contributed by atoms with E-state index in [1.165, 1.54) is 5.56 Å². The number of nitrogens with zero attached hydrogens (tertiary/aromatic N) is 2. The van der Waals surface area contributed by atoms with Crippen LogP contribution in [0.3, 0.4) is 0 Å². The second kappa shape index (κ2) is 5.73. The van der Waals surface area contributed by atoms with Crippen LogP contribution in [0.2, 0.25) is 0 Å². The fourth-order valence-electron chi connectivity index (χ4n) is 1.42. The Morgan fingerprint density at radius 2 is 1.73 bits per heavy atom. The largest absolute Gasteiger partial charge is 0.398 e. The molecule has 0 aliphatic carbocycles. The van der Waals surface area contributed by atoms with Gasteiger partial charge in [-0.1, -0.05) is 18.2 Å². The summed E-state index contributed by atoms with van der Waals surface area (Å²) in [5.74, 6) is 0. The Hall–Kier alpha value is -1.06. The highest BCUT2D eigenvalue weighted by molar-refractivity contribution is 5.46. The molecule has 1 aromatic carbocycles. The van der Waals surface area contributed by atoms with Gasteiger partial charge >= 0.3 is 0 Å². The van der Waals surface area contributed by atoms with Crippen molar-refractivity contribution >= 4 is 5.69 Å². The number of hydrogen-bond donors (Lipinski definition) is 1. The summed E-state index contributed by atoms with van der Waals surface area (Å²) in [6.07, 6.45) is 0. The maximum atomic E-state index is 5.89. The van der Waals surface area contributed by atoms with E-state index in [0.717, 1.165) is 25.3 Å². The topological polar surface area (TPSA) is 32.5 Å². The van der Waals surface area contributed by atoms with Crippen molar-refractivity contribution in [3.63, 3.8) is 0 Å². The molecule has 1 aromatic rings. The quantitative estimate of drug-likeness (QED) is 0.738. The second-order valence-electron chi connectivity index (χ2n) is 4.24. The average molecular weight is 207 g/mol. The van der Waals surface area contributed by atoms with Gasteiger partial charge in [0.05, 0.1) is 0 Å². The lowest BCUT2D eigenvalue weighted by Crippen LogP contribution is -2.28. The predicted molar refractivity (Wildman–Crippen MR) is 65.7 cm³/mol. The maximum Gasteiger partial charge on any atom is 0.0359 e. The van der Waals surface area contributed by atoms with Crippen LogP contribution in [0.4, 0.5) is 5.69 Å². The Bertz CT molecular complexity index is 297. The lowest BCUT2D eigenvalue weighted by molar-refractivity contribution is 0.276. The van der Waals surface area contributed by atoms with E-state index in [-0.39, 0.29) is 0 Å². The Morgan fingerprint density at radius 3 is 2.33 bits per heavy atom. The van der Waals surface area contributed by atoms with E-state index >= 15 is 0 Å². The standard InChI is InChI=1S/C12H21N3/c1-14(2)8-9-15(3)10-11-6-4-5-7-12(11)13/h4-7H,8-10,13H2,1-3H3. The Balaban J connectivity index is 2.44. The molecule has 0 atom stereocenters. The van der Waals surface area contributed by atoms with Crippen LogP contribution in [-0.4, -0.2) is 44.0 Å². The van der Waals surface area contributed by atoms with Crippen molar-refractivity contribution in [2.24, 2.45) is 0 Å². The molecule has 0 spiro atoms. The van der Waals surface area contributed by atoms with Crippen LogP contribution >= 0.6 is 0 Å². The fourth-order valence-corrected chi connectivity index (χ4v) is 1.42. The molecule has 0 aromatic heterocycles. The predicted octanol–water partition coefficient (Wildman–Crippen LogP) is 1.26. The Labute approximate surface area is 92.5 Å². The van der Waals surface area contributed by atoms with Gasteiger partial charge in [0.15, 0.2) is 0 Å². The highest BCUT2D eigenvalue weighted by Gasteiger charge is 2.03. The number of nitrogens with two attached hydrogens (primary N) is 1.